The molecule has 2 rings (SSSR count). The van der Waals surface area contributed by atoms with Crippen LogP contribution in [0.5, 0.6) is 0 Å². The van der Waals surface area contributed by atoms with Crippen LogP contribution >= 0.6 is 11.8 Å². The van der Waals surface area contributed by atoms with E-state index in [-0.39, 0.29) is 18.0 Å². The molecule has 5 nitrogen and oxygen atoms in total. The first-order valence-electron chi connectivity index (χ1n) is 7.61. The molecular weight excluding hydrogens is 322 g/mol. The van der Waals surface area contributed by atoms with Crippen molar-refractivity contribution < 1.29 is 9.59 Å². The number of benzene rings is 2. The van der Waals surface area contributed by atoms with Crippen LogP contribution in [-0.2, 0) is 0 Å². The molecule has 126 valence electrons. The van der Waals surface area contributed by atoms with Crippen molar-refractivity contribution in [1.29, 1.82) is 0 Å². The molecule has 0 aliphatic heterocycles. The van der Waals surface area contributed by atoms with Crippen LogP contribution in [0.4, 0.5) is 16.2 Å². The fraction of sp³-hybridized carbons (Fsp3) is 0.222. The minimum absolute atomic E-state index is 0.0816. The van der Waals surface area contributed by atoms with Gasteiger partial charge in [0.05, 0.1) is 0 Å². The molecule has 0 aliphatic carbocycles. The van der Waals surface area contributed by atoms with Gasteiger partial charge in [0.25, 0.3) is 5.91 Å². The standard InChI is InChI=1S/C18H21N3O2S/c1-12(2)19-17(22)13-7-9-14(10-8-13)20-18(23)21-15-5-4-6-16(11-15)24-3/h4-12H,1-3H3,(H,19,22)(H2,20,21,23). The number of anilines is 2. The SMILES string of the molecule is CSc1cccc(NC(=O)Nc2ccc(C(=O)NC(C)C)cc2)c1. The summed E-state index contributed by atoms with van der Waals surface area (Å²) in [6, 6.07) is 14.1. The maximum absolute atomic E-state index is 12.0. The highest BCUT2D eigenvalue weighted by Crippen LogP contribution is 2.19. The van der Waals surface area contributed by atoms with E-state index in [0.717, 1.165) is 10.6 Å². The molecule has 0 aromatic heterocycles. The molecule has 2 aromatic rings. The number of hydrogen-bond acceptors (Lipinski definition) is 3. The Kier molecular flexibility index (Phi) is 6.26. The van der Waals surface area contributed by atoms with Gasteiger partial charge in [0.1, 0.15) is 0 Å². The molecule has 0 radical (unpaired) electrons. The van der Waals surface area contributed by atoms with Crippen molar-refractivity contribution in [3.05, 3.63) is 54.1 Å². The van der Waals surface area contributed by atoms with E-state index in [1.165, 1.54) is 0 Å². The Morgan fingerprint density at radius 1 is 0.958 bits per heavy atom. The van der Waals surface area contributed by atoms with Gasteiger partial charge in [-0.25, -0.2) is 4.79 Å². The van der Waals surface area contributed by atoms with E-state index in [9.17, 15) is 9.59 Å². The van der Waals surface area contributed by atoms with Gasteiger partial charge in [0.2, 0.25) is 0 Å². The number of rotatable bonds is 5. The molecule has 6 heteroatoms. The van der Waals surface area contributed by atoms with Gasteiger partial charge in [-0.3, -0.25) is 4.79 Å². The second kappa shape index (κ2) is 8.40. The molecule has 0 unspecified atom stereocenters. The molecule has 0 spiro atoms. The van der Waals surface area contributed by atoms with E-state index in [0.29, 0.717) is 11.3 Å². The lowest BCUT2D eigenvalue weighted by Gasteiger charge is -2.10. The van der Waals surface area contributed by atoms with Crippen molar-refractivity contribution in [3.8, 4) is 0 Å². The molecule has 0 saturated carbocycles. The summed E-state index contributed by atoms with van der Waals surface area (Å²) < 4.78 is 0. The monoisotopic (exact) mass is 343 g/mol. The zero-order valence-corrected chi connectivity index (χ0v) is 14.7. The minimum atomic E-state index is -0.326. The number of hydrogen-bond donors (Lipinski definition) is 3. The van der Waals surface area contributed by atoms with Crippen molar-refractivity contribution in [2.75, 3.05) is 16.9 Å². The van der Waals surface area contributed by atoms with Crippen molar-refractivity contribution in [3.63, 3.8) is 0 Å². The number of carbonyl (C=O) groups is 2. The third-order valence-electron chi connectivity index (χ3n) is 3.15. The summed E-state index contributed by atoms with van der Waals surface area (Å²) in [7, 11) is 0. The van der Waals surface area contributed by atoms with Gasteiger partial charge in [-0.05, 0) is 62.6 Å². The number of thioether (sulfide) groups is 1. The lowest BCUT2D eigenvalue weighted by Crippen LogP contribution is -2.30. The summed E-state index contributed by atoms with van der Waals surface area (Å²) in [4.78, 5) is 25.0. The molecule has 3 amide bonds. The zero-order valence-electron chi connectivity index (χ0n) is 13.9. The average Bonchev–Trinajstić information content (AvgIpc) is 2.55. The first kappa shape index (κ1) is 17.9. The molecule has 0 heterocycles. The van der Waals surface area contributed by atoms with Crippen LogP contribution in [0, 0.1) is 0 Å². The molecule has 2 aromatic carbocycles. The third kappa shape index (κ3) is 5.31. The van der Waals surface area contributed by atoms with Gasteiger partial charge in [0, 0.05) is 27.9 Å². The second-order valence-electron chi connectivity index (χ2n) is 5.52. The third-order valence-corrected chi connectivity index (χ3v) is 3.88. The molecule has 24 heavy (non-hydrogen) atoms. The summed E-state index contributed by atoms with van der Waals surface area (Å²) in [6.45, 7) is 3.81. The predicted octanol–water partition coefficient (Wildman–Crippen LogP) is 4.19. The van der Waals surface area contributed by atoms with E-state index in [1.807, 2.05) is 44.4 Å². The van der Waals surface area contributed by atoms with E-state index in [1.54, 1.807) is 36.0 Å². The molecule has 0 aliphatic rings. The van der Waals surface area contributed by atoms with Gasteiger partial charge < -0.3 is 16.0 Å². The van der Waals surface area contributed by atoms with Crippen LogP contribution in [0.3, 0.4) is 0 Å². The van der Waals surface area contributed by atoms with Crippen LogP contribution in [0.15, 0.2) is 53.4 Å². The van der Waals surface area contributed by atoms with Crippen molar-refractivity contribution in [2.24, 2.45) is 0 Å². The van der Waals surface area contributed by atoms with Crippen molar-refractivity contribution in [1.82, 2.24) is 5.32 Å². The van der Waals surface area contributed by atoms with E-state index < -0.39 is 0 Å². The van der Waals surface area contributed by atoms with Crippen molar-refractivity contribution in [2.45, 2.75) is 24.8 Å². The quantitative estimate of drug-likeness (QED) is 0.713. The lowest BCUT2D eigenvalue weighted by molar-refractivity contribution is 0.0943. The highest BCUT2D eigenvalue weighted by atomic mass is 32.2. The van der Waals surface area contributed by atoms with Crippen LogP contribution < -0.4 is 16.0 Å². The molecular formula is C18H21N3O2S. The van der Waals surface area contributed by atoms with E-state index >= 15 is 0 Å². The molecule has 0 bridgehead atoms. The Morgan fingerprint density at radius 2 is 1.62 bits per heavy atom. The lowest BCUT2D eigenvalue weighted by atomic mass is 10.2. The van der Waals surface area contributed by atoms with E-state index in [2.05, 4.69) is 16.0 Å². The highest BCUT2D eigenvalue weighted by Gasteiger charge is 2.08. The predicted molar refractivity (Wildman–Crippen MR) is 99.9 cm³/mol. The first-order chi connectivity index (χ1) is 11.5. The molecule has 0 saturated heterocycles. The van der Waals surface area contributed by atoms with E-state index in [4.69, 9.17) is 0 Å². The first-order valence-corrected chi connectivity index (χ1v) is 8.83. The highest BCUT2D eigenvalue weighted by molar-refractivity contribution is 7.98. The number of amides is 3. The minimum Gasteiger partial charge on any atom is -0.350 e. The van der Waals surface area contributed by atoms with Crippen LogP contribution in [-0.4, -0.2) is 24.2 Å². The number of urea groups is 1. The largest absolute Gasteiger partial charge is 0.350 e. The van der Waals surface area contributed by atoms with Gasteiger partial charge in [0.15, 0.2) is 0 Å². The maximum atomic E-state index is 12.0. The second-order valence-corrected chi connectivity index (χ2v) is 6.40. The normalized spacial score (nSPS) is 10.3. The summed E-state index contributed by atoms with van der Waals surface area (Å²) in [5.41, 5.74) is 1.91. The van der Waals surface area contributed by atoms with Gasteiger partial charge in [-0.1, -0.05) is 6.07 Å². The molecule has 0 atom stereocenters. The maximum Gasteiger partial charge on any atom is 0.323 e. The Bertz CT molecular complexity index is 714. The summed E-state index contributed by atoms with van der Waals surface area (Å²) in [5.74, 6) is -0.130. The van der Waals surface area contributed by atoms with Crippen LogP contribution in [0.2, 0.25) is 0 Å². The topological polar surface area (TPSA) is 70.2 Å². The Morgan fingerprint density at radius 3 is 2.25 bits per heavy atom. The zero-order chi connectivity index (χ0) is 17.5. The Balaban J connectivity index is 1.95. The fourth-order valence-electron chi connectivity index (χ4n) is 2.04. The Labute approximate surface area is 146 Å². The average molecular weight is 343 g/mol. The Hall–Kier alpha value is -2.47. The van der Waals surface area contributed by atoms with Gasteiger partial charge in [-0.15, -0.1) is 11.8 Å². The van der Waals surface area contributed by atoms with Crippen molar-refractivity contribution >= 4 is 35.1 Å². The van der Waals surface area contributed by atoms with Gasteiger partial charge in [-0.2, -0.15) is 0 Å². The summed E-state index contributed by atoms with van der Waals surface area (Å²) in [5, 5.41) is 8.35. The van der Waals surface area contributed by atoms with Crippen LogP contribution in [0.25, 0.3) is 0 Å². The number of nitrogens with one attached hydrogen (secondary N) is 3. The molecule has 3 N–H and O–H groups in total. The summed E-state index contributed by atoms with van der Waals surface area (Å²) >= 11 is 1.61. The number of carbonyl (C=O) groups excluding carboxylic acids is 2. The summed E-state index contributed by atoms with van der Waals surface area (Å²) in [6.07, 6.45) is 1.98. The smallest absolute Gasteiger partial charge is 0.323 e. The van der Waals surface area contributed by atoms with Gasteiger partial charge >= 0.3 is 6.03 Å². The molecule has 0 fully saturated rings. The fourth-order valence-corrected chi connectivity index (χ4v) is 2.50. The van der Waals surface area contributed by atoms with Crippen LogP contribution in [0.1, 0.15) is 24.2 Å².